The van der Waals surface area contributed by atoms with Crippen molar-refractivity contribution in [2.75, 3.05) is 18.4 Å². The summed E-state index contributed by atoms with van der Waals surface area (Å²) >= 11 is 0. The van der Waals surface area contributed by atoms with Crippen molar-refractivity contribution in [2.45, 2.75) is 24.7 Å². The molecule has 1 heterocycles. The van der Waals surface area contributed by atoms with E-state index >= 15 is 0 Å². The van der Waals surface area contributed by atoms with Crippen LogP contribution in [0, 0.1) is 30.3 Å². The minimum Gasteiger partial charge on any atom is -0.323 e. The van der Waals surface area contributed by atoms with Crippen LogP contribution in [0.2, 0.25) is 0 Å². The van der Waals surface area contributed by atoms with Gasteiger partial charge in [-0.25, -0.2) is 21.6 Å². The van der Waals surface area contributed by atoms with Crippen molar-refractivity contribution >= 4 is 21.6 Å². The Hall–Kier alpha value is -2.39. The van der Waals surface area contributed by atoms with Crippen LogP contribution in [0.1, 0.15) is 18.4 Å². The first kappa shape index (κ1) is 20.3. The standard InChI is InChI=1S/C19H19F3N2O3S/c1-12-4-6-14(7-5-12)28(26,27)24-10-2-3-13(11-24)19(25)23-16-9-8-15(20)17(21)18(16)22/h4-9,13H,2-3,10-11H2,1H3,(H,23,25)/t13-/m1/s1. The number of carbonyl (C=O) groups excluding carboxylic acids is 1. The number of amides is 1. The molecule has 2 aromatic rings. The summed E-state index contributed by atoms with van der Waals surface area (Å²) in [6.45, 7) is 2.03. The molecule has 0 unspecified atom stereocenters. The largest absolute Gasteiger partial charge is 0.323 e. The van der Waals surface area contributed by atoms with Gasteiger partial charge in [0.25, 0.3) is 0 Å². The third kappa shape index (κ3) is 4.05. The number of rotatable bonds is 4. The molecular weight excluding hydrogens is 393 g/mol. The first-order valence-corrected chi connectivity index (χ1v) is 10.2. The molecule has 0 saturated carbocycles. The highest BCUT2D eigenvalue weighted by atomic mass is 32.2. The van der Waals surface area contributed by atoms with Gasteiger partial charge in [0.1, 0.15) is 0 Å². The van der Waals surface area contributed by atoms with Crippen LogP contribution < -0.4 is 5.32 Å². The normalized spacial score (nSPS) is 18.1. The third-order valence-electron chi connectivity index (χ3n) is 4.71. The quantitative estimate of drug-likeness (QED) is 0.783. The molecule has 1 fully saturated rings. The number of anilines is 1. The van der Waals surface area contributed by atoms with Crippen LogP contribution in [0.4, 0.5) is 18.9 Å². The second-order valence-electron chi connectivity index (χ2n) is 6.73. The van der Waals surface area contributed by atoms with Gasteiger partial charge < -0.3 is 5.32 Å². The molecule has 1 atom stereocenters. The molecule has 1 aliphatic rings. The lowest BCUT2D eigenvalue weighted by Gasteiger charge is -2.31. The van der Waals surface area contributed by atoms with Crippen molar-refractivity contribution in [3.05, 3.63) is 59.4 Å². The Kier molecular flexibility index (Phi) is 5.76. The van der Waals surface area contributed by atoms with E-state index in [1.165, 1.54) is 16.4 Å². The molecule has 9 heteroatoms. The number of halogens is 3. The van der Waals surface area contributed by atoms with Crippen LogP contribution >= 0.6 is 0 Å². The number of benzene rings is 2. The van der Waals surface area contributed by atoms with Crippen molar-refractivity contribution < 1.29 is 26.4 Å². The average Bonchev–Trinajstić information content (AvgIpc) is 2.69. The zero-order valence-electron chi connectivity index (χ0n) is 15.1. The first-order chi connectivity index (χ1) is 13.2. The van der Waals surface area contributed by atoms with Crippen molar-refractivity contribution in [1.82, 2.24) is 4.31 Å². The smallest absolute Gasteiger partial charge is 0.243 e. The van der Waals surface area contributed by atoms with E-state index in [0.29, 0.717) is 18.9 Å². The van der Waals surface area contributed by atoms with Crippen LogP contribution in [0.25, 0.3) is 0 Å². The van der Waals surface area contributed by atoms with Gasteiger partial charge in [0.15, 0.2) is 17.5 Å². The van der Waals surface area contributed by atoms with Gasteiger partial charge in [-0.2, -0.15) is 4.31 Å². The summed E-state index contributed by atoms with van der Waals surface area (Å²) in [5, 5.41) is 2.23. The summed E-state index contributed by atoms with van der Waals surface area (Å²) in [5.41, 5.74) is 0.436. The Morgan fingerprint density at radius 1 is 1.07 bits per heavy atom. The van der Waals surface area contributed by atoms with Crippen molar-refractivity contribution in [3.63, 3.8) is 0 Å². The maximum atomic E-state index is 13.8. The van der Waals surface area contributed by atoms with E-state index in [2.05, 4.69) is 5.32 Å². The summed E-state index contributed by atoms with van der Waals surface area (Å²) in [7, 11) is -3.77. The summed E-state index contributed by atoms with van der Waals surface area (Å²) in [5.74, 6) is -5.91. The van der Waals surface area contributed by atoms with Gasteiger partial charge in [-0.3, -0.25) is 4.79 Å². The second kappa shape index (κ2) is 7.92. The summed E-state index contributed by atoms with van der Waals surface area (Å²) in [6.07, 6.45) is 0.848. The van der Waals surface area contributed by atoms with Crippen LogP contribution in [0.15, 0.2) is 41.3 Å². The number of carbonyl (C=O) groups is 1. The Labute approximate surface area is 161 Å². The third-order valence-corrected chi connectivity index (χ3v) is 6.59. The molecule has 0 radical (unpaired) electrons. The van der Waals surface area contributed by atoms with Crippen molar-refractivity contribution in [2.24, 2.45) is 5.92 Å². The fourth-order valence-corrected chi connectivity index (χ4v) is 4.62. The molecule has 3 rings (SSSR count). The molecule has 1 saturated heterocycles. The van der Waals surface area contributed by atoms with E-state index in [0.717, 1.165) is 11.6 Å². The number of sulfonamides is 1. The van der Waals surface area contributed by atoms with Gasteiger partial charge in [0.2, 0.25) is 15.9 Å². The van der Waals surface area contributed by atoms with Crippen LogP contribution in [-0.4, -0.2) is 31.7 Å². The summed E-state index contributed by atoms with van der Waals surface area (Å²) in [6, 6.07) is 8.02. The van der Waals surface area contributed by atoms with Crippen molar-refractivity contribution in [1.29, 1.82) is 0 Å². The van der Waals surface area contributed by atoms with E-state index in [1.807, 2.05) is 6.92 Å². The van der Waals surface area contributed by atoms with Gasteiger partial charge in [-0.05, 0) is 44.0 Å². The SMILES string of the molecule is Cc1ccc(S(=O)(=O)N2CCC[C@@H](C(=O)Nc3ccc(F)c(F)c3F)C2)cc1. The molecule has 0 bridgehead atoms. The molecule has 0 aromatic heterocycles. The maximum absolute atomic E-state index is 13.8. The average molecular weight is 412 g/mol. The minimum atomic E-state index is -3.77. The Bertz CT molecular complexity index is 994. The van der Waals surface area contributed by atoms with E-state index in [1.54, 1.807) is 12.1 Å². The first-order valence-electron chi connectivity index (χ1n) is 8.71. The predicted octanol–water partition coefficient (Wildman–Crippen LogP) is 3.45. The topological polar surface area (TPSA) is 66.5 Å². The highest BCUT2D eigenvalue weighted by Gasteiger charge is 2.33. The molecule has 2 aromatic carbocycles. The Morgan fingerprint density at radius 3 is 2.43 bits per heavy atom. The van der Waals surface area contributed by atoms with E-state index < -0.39 is 45.0 Å². The molecule has 1 N–H and O–H groups in total. The lowest BCUT2D eigenvalue weighted by molar-refractivity contribution is -0.120. The number of hydrogen-bond donors (Lipinski definition) is 1. The second-order valence-corrected chi connectivity index (χ2v) is 8.67. The molecule has 150 valence electrons. The molecule has 0 aliphatic carbocycles. The zero-order chi connectivity index (χ0) is 20.5. The number of aryl methyl sites for hydroxylation is 1. The predicted molar refractivity (Wildman–Crippen MR) is 97.6 cm³/mol. The molecular formula is C19H19F3N2O3S. The molecule has 1 aliphatic heterocycles. The van der Waals surface area contributed by atoms with E-state index in [9.17, 15) is 26.4 Å². The fraction of sp³-hybridized carbons (Fsp3) is 0.316. The molecule has 28 heavy (non-hydrogen) atoms. The summed E-state index contributed by atoms with van der Waals surface area (Å²) in [4.78, 5) is 12.6. The molecule has 5 nitrogen and oxygen atoms in total. The van der Waals surface area contributed by atoms with E-state index in [-0.39, 0.29) is 18.0 Å². The van der Waals surface area contributed by atoms with Crippen LogP contribution in [0.3, 0.4) is 0 Å². The number of nitrogens with zero attached hydrogens (tertiary/aromatic N) is 1. The highest BCUT2D eigenvalue weighted by Crippen LogP contribution is 2.26. The van der Waals surface area contributed by atoms with Gasteiger partial charge in [0, 0.05) is 13.1 Å². The molecule has 1 amide bonds. The van der Waals surface area contributed by atoms with Crippen LogP contribution in [0.5, 0.6) is 0 Å². The van der Waals surface area contributed by atoms with Gasteiger partial charge >= 0.3 is 0 Å². The maximum Gasteiger partial charge on any atom is 0.243 e. The molecule has 0 spiro atoms. The highest BCUT2D eigenvalue weighted by molar-refractivity contribution is 7.89. The van der Waals surface area contributed by atoms with Crippen LogP contribution in [-0.2, 0) is 14.8 Å². The zero-order valence-corrected chi connectivity index (χ0v) is 15.9. The number of hydrogen-bond acceptors (Lipinski definition) is 3. The Morgan fingerprint density at radius 2 is 1.75 bits per heavy atom. The summed E-state index contributed by atoms with van der Waals surface area (Å²) < 4.78 is 66.9. The van der Waals surface area contributed by atoms with Gasteiger partial charge in [-0.15, -0.1) is 0 Å². The van der Waals surface area contributed by atoms with E-state index in [4.69, 9.17) is 0 Å². The van der Waals surface area contributed by atoms with Gasteiger partial charge in [0.05, 0.1) is 16.5 Å². The Balaban J connectivity index is 1.75. The van der Waals surface area contributed by atoms with Gasteiger partial charge in [-0.1, -0.05) is 17.7 Å². The lowest BCUT2D eigenvalue weighted by atomic mass is 9.98. The lowest BCUT2D eigenvalue weighted by Crippen LogP contribution is -2.43. The monoisotopic (exact) mass is 412 g/mol. The van der Waals surface area contributed by atoms with Crippen molar-refractivity contribution in [3.8, 4) is 0 Å². The number of piperidine rings is 1. The minimum absolute atomic E-state index is 0.0761. The fourth-order valence-electron chi connectivity index (χ4n) is 3.09. The number of nitrogens with one attached hydrogen (secondary N) is 1.